The first-order valence-corrected chi connectivity index (χ1v) is 4.12. The average molecular weight is 244 g/mol. The van der Waals surface area contributed by atoms with E-state index in [4.69, 9.17) is 5.26 Å². The molecule has 0 aliphatic heterocycles. The van der Waals surface area contributed by atoms with E-state index in [1.165, 1.54) is 6.07 Å². The summed E-state index contributed by atoms with van der Waals surface area (Å²) in [5, 5.41) is 18.5. The molecule has 0 fully saturated rings. The molecular weight excluding hydrogens is 241 g/mol. The monoisotopic (exact) mass is 244 g/mol. The van der Waals surface area contributed by atoms with Crippen LogP contribution in [0.1, 0.15) is 16.8 Å². The van der Waals surface area contributed by atoms with Gasteiger partial charge in [0.05, 0.1) is 23.0 Å². The summed E-state index contributed by atoms with van der Waals surface area (Å²) in [4.78, 5) is 20.0. The lowest BCUT2D eigenvalue weighted by Gasteiger charge is -2.02. The van der Waals surface area contributed by atoms with Crippen LogP contribution in [0.3, 0.4) is 0 Å². The summed E-state index contributed by atoms with van der Waals surface area (Å²) in [6.45, 7) is 0. The quantitative estimate of drug-likeness (QED) is 0.352. The molecule has 0 aliphatic carbocycles. The topological polar surface area (TPSA) is 84.0 Å². The number of hydrogen-bond acceptors (Lipinski definition) is 4. The van der Waals surface area contributed by atoms with Crippen LogP contribution in [0.2, 0.25) is 0 Å². The van der Waals surface area contributed by atoms with Crippen molar-refractivity contribution in [3.63, 3.8) is 0 Å². The van der Waals surface area contributed by atoms with E-state index in [-0.39, 0.29) is 6.07 Å². The smallest absolute Gasteiger partial charge is 0.293 e. The molecule has 0 amide bonds. The van der Waals surface area contributed by atoms with Crippen molar-refractivity contribution in [1.29, 1.82) is 5.26 Å². The number of nitro groups is 1. The van der Waals surface area contributed by atoms with E-state index in [0.29, 0.717) is 0 Å². The number of hydrogen-bond donors (Lipinski definition) is 0. The van der Waals surface area contributed by atoms with Crippen LogP contribution in [0.4, 0.5) is 18.9 Å². The Balaban J connectivity index is 3.51. The van der Waals surface area contributed by atoms with E-state index in [0.717, 1.165) is 0 Å². The Bertz CT molecular complexity index is 551. The van der Waals surface area contributed by atoms with Crippen molar-refractivity contribution >= 4 is 11.5 Å². The molecule has 0 heterocycles. The largest absolute Gasteiger partial charge is 0.343 e. The molecule has 0 atom stereocenters. The van der Waals surface area contributed by atoms with E-state index in [2.05, 4.69) is 0 Å². The van der Waals surface area contributed by atoms with Gasteiger partial charge in [-0.3, -0.25) is 14.9 Å². The molecule has 0 saturated heterocycles. The Kier molecular flexibility index (Phi) is 3.43. The number of nitrogens with zero attached hydrogens (tertiary/aromatic N) is 2. The minimum absolute atomic E-state index is 0.192. The lowest BCUT2D eigenvalue weighted by molar-refractivity contribution is -0.390. The molecule has 0 aromatic heterocycles. The molecule has 1 aromatic carbocycles. The molecule has 0 unspecified atom stereocenters. The van der Waals surface area contributed by atoms with Gasteiger partial charge >= 0.3 is 5.69 Å². The summed E-state index contributed by atoms with van der Waals surface area (Å²) in [6.07, 6.45) is -0.793. The lowest BCUT2D eigenvalue weighted by Crippen LogP contribution is -2.08. The molecule has 1 rings (SSSR count). The van der Waals surface area contributed by atoms with Gasteiger partial charge in [-0.05, 0) is 6.07 Å². The van der Waals surface area contributed by atoms with Gasteiger partial charge in [0.15, 0.2) is 11.6 Å². The second-order valence-corrected chi connectivity index (χ2v) is 2.90. The first-order chi connectivity index (χ1) is 7.90. The lowest BCUT2D eigenvalue weighted by atomic mass is 10.1. The fourth-order valence-electron chi connectivity index (χ4n) is 1.12. The molecule has 5 nitrogen and oxygen atoms in total. The molecule has 1 aromatic rings. The molecule has 17 heavy (non-hydrogen) atoms. The van der Waals surface area contributed by atoms with E-state index in [1.807, 2.05) is 0 Å². The van der Waals surface area contributed by atoms with Gasteiger partial charge in [-0.2, -0.15) is 14.0 Å². The van der Waals surface area contributed by atoms with Crippen molar-refractivity contribution in [2.45, 2.75) is 6.42 Å². The van der Waals surface area contributed by atoms with Gasteiger partial charge in [0.2, 0.25) is 11.6 Å². The minimum atomic E-state index is -1.99. The normalized spacial score (nSPS) is 9.76. The Hall–Kier alpha value is -2.43. The minimum Gasteiger partial charge on any atom is -0.293 e. The highest BCUT2D eigenvalue weighted by molar-refractivity contribution is 5.98. The van der Waals surface area contributed by atoms with Crippen LogP contribution in [0, 0.1) is 38.9 Å². The van der Waals surface area contributed by atoms with Crippen molar-refractivity contribution in [3.8, 4) is 6.07 Å². The van der Waals surface area contributed by atoms with E-state index < -0.39 is 45.8 Å². The fourth-order valence-corrected chi connectivity index (χ4v) is 1.12. The molecule has 0 aliphatic rings. The first-order valence-electron chi connectivity index (χ1n) is 4.12. The SMILES string of the molecule is N#CCC(=O)c1cc(F)c(F)c([N+](=O)[O-])c1F. The van der Waals surface area contributed by atoms with Crippen molar-refractivity contribution in [1.82, 2.24) is 0 Å². The molecular formula is C9H3F3N2O3. The zero-order chi connectivity index (χ0) is 13.2. The predicted molar refractivity (Wildman–Crippen MR) is 47.5 cm³/mol. The first kappa shape index (κ1) is 12.6. The second kappa shape index (κ2) is 4.61. The summed E-state index contributed by atoms with van der Waals surface area (Å²) < 4.78 is 39.2. The number of ketones is 1. The molecule has 0 saturated carbocycles. The van der Waals surface area contributed by atoms with Gasteiger partial charge in [-0.1, -0.05) is 0 Å². The number of benzene rings is 1. The van der Waals surface area contributed by atoms with Crippen molar-refractivity contribution in [2.75, 3.05) is 0 Å². The Morgan fingerprint density at radius 3 is 2.47 bits per heavy atom. The van der Waals surface area contributed by atoms with E-state index in [1.54, 1.807) is 0 Å². The van der Waals surface area contributed by atoms with Crippen molar-refractivity contribution in [3.05, 3.63) is 39.2 Å². The highest BCUT2D eigenvalue weighted by Crippen LogP contribution is 2.27. The van der Waals surface area contributed by atoms with Gasteiger partial charge in [0, 0.05) is 0 Å². The van der Waals surface area contributed by atoms with Crippen LogP contribution in [-0.4, -0.2) is 10.7 Å². The van der Waals surface area contributed by atoms with E-state index >= 15 is 0 Å². The number of carbonyl (C=O) groups excluding carboxylic acids is 1. The van der Waals surface area contributed by atoms with Crippen LogP contribution in [0.25, 0.3) is 0 Å². The third-order valence-electron chi connectivity index (χ3n) is 1.86. The van der Waals surface area contributed by atoms with Gasteiger partial charge in [-0.25, -0.2) is 4.39 Å². The number of carbonyl (C=O) groups is 1. The second-order valence-electron chi connectivity index (χ2n) is 2.90. The maximum Gasteiger partial charge on any atom is 0.343 e. The van der Waals surface area contributed by atoms with Gasteiger partial charge in [-0.15, -0.1) is 0 Å². The summed E-state index contributed by atoms with van der Waals surface area (Å²) in [6, 6.07) is 1.57. The molecule has 0 spiro atoms. The summed E-state index contributed by atoms with van der Waals surface area (Å²) in [7, 11) is 0. The fraction of sp³-hybridized carbons (Fsp3) is 0.111. The maximum atomic E-state index is 13.4. The number of nitro benzene ring substituents is 1. The number of Topliss-reactive ketones (excluding diaryl/α,β-unsaturated/α-hetero) is 1. The zero-order valence-corrected chi connectivity index (χ0v) is 8.04. The average Bonchev–Trinajstić information content (AvgIpc) is 2.23. The third-order valence-corrected chi connectivity index (χ3v) is 1.86. The Morgan fingerprint density at radius 2 is 2.00 bits per heavy atom. The number of halogens is 3. The van der Waals surface area contributed by atoms with Crippen molar-refractivity contribution < 1.29 is 22.9 Å². The number of nitriles is 1. The molecule has 0 N–H and O–H groups in total. The van der Waals surface area contributed by atoms with Crippen LogP contribution in [-0.2, 0) is 0 Å². The zero-order valence-electron chi connectivity index (χ0n) is 8.04. The standard InChI is InChI=1S/C9H3F3N2O3/c10-5-3-4(6(15)1-2-13)7(11)9(8(5)12)14(16)17/h3H,1H2. The summed E-state index contributed by atoms with van der Waals surface area (Å²) in [5.41, 5.74) is -2.76. The predicted octanol–water partition coefficient (Wildman–Crippen LogP) is 2.11. The van der Waals surface area contributed by atoms with E-state index in [9.17, 15) is 28.1 Å². The van der Waals surface area contributed by atoms with Crippen LogP contribution < -0.4 is 0 Å². The third kappa shape index (κ3) is 2.23. The van der Waals surface area contributed by atoms with Gasteiger partial charge < -0.3 is 0 Å². The highest BCUT2D eigenvalue weighted by atomic mass is 19.2. The van der Waals surface area contributed by atoms with Gasteiger partial charge in [0.1, 0.15) is 0 Å². The summed E-state index contributed by atoms with van der Waals surface area (Å²) in [5.74, 6) is -6.65. The molecule has 0 radical (unpaired) electrons. The molecule has 0 bridgehead atoms. The van der Waals surface area contributed by atoms with Gasteiger partial charge in [0.25, 0.3) is 0 Å². The van der Waals surface area contributed by atoms with Crippen molar-refractivity contribution in [2.24, 2.45) is 0 Å². The van der Waals surface area contributed by atoms with Crippen LogP contribution in [0.15, 0.2) is 6.07 Å². The summed E-state index contributed by atoms with van der Waals surface area (Å²) >= 11 is 0. The highest BCUT2D eigenvalue weighted by Gasteiger charge is 2.30. The van der Waals surface area contributed by atoms with Crippen LogP contribution >= 0.6 is 0 Å². The molecule has 88 valence electrons. The Morgan fingerprint density at radius 1 is 1.41 bits per heavy atom. The number of rotatable bonds is 3. The van der Waals surface area contributed by atoms with Crippen LogP contribution in [0.5, 0.6) is 0 Å². The molecule has 8 heteroatoms. The Labute approximate surface area is 92.2 Å². The maximum absolute atomic E-state index is 13.4.